The van der Waals surface area contributed by atoms with Gasteiger partial charge in [-0.05, 0) is 55.7 Å². The predicted octanol–water partition coefficient (Wildman–Crippen LogP) is 4.60. The molecule has 0 heterocycles. The first-order chi connectivity index (χ1) is 13.2. The van der Waals surface area contributed by atoms with Gasteiger partial charge in [0.2, 0.25) is 5.91 Å². The minimum absolute atomic E-state index is 0.0117. The van der Waals surface area contributed by atoms with Gasteiger partial charge in [-0.1, -0.05) is 18.2 Å². The highest BCUT2D eigenvalue weighted by atomic mass is 19.4. The lowest BCUT2D eigenvalue weighted by Crippen LogP contribution is -2.29. The molecule has 0 saturated heterocycles. The minimum Gasteiger partial charge on any atom is -0.493 e. The summed E-state index contributed by atoms with van der Waals surface area (Å²) in [6, 6.07) is 11.2. The summed E-state index contributed by atoms with van der Waals surface area (Å²) in [5, 5.41) is 4.38. The average molecular weight is 394 g/mol. The van der Waals surface area contributed by atoms with Crippen molar-refractivity contribution >= 4 is 23.2 Å². The number of nitrogens with one attached hydrogen (secondary N) is 2. The number of benzene rings is 2. The fourth-order valence-corrected chi connectivity index (χ4v) is 2.50. The van der Waals surface area contributed by atoms with E-state index in [0.717, 1.165) is 16.9 Å². The summed E-state index contributed by atoms with van der Waals surface area (Å²) in [6.07, 6.45) is -4.21. The van der Waals surface area contributed by atoms with Crippen molar-refractivity contribution in [2.24, 2.45) is 0 Å². The van der Waals surface area contributed by atoms with Crippen LogP contribution >= 0.6 is 0 Å². The highest BCUT2D eigenvalue weighted by molar-refractivity contribution is 5.95. The number of ether oxygens (including phenoxy) is 1. The Morgan fingerprint density at radius 2 is 1.46 bits per heavy atom. The smallest absolute Gasteiger partial charge is 0.471 e. The Bertz CT molecular complexity index is 813. The molecule has 0 atom stereocenters. The number of aryl methyl sites for hydroxylation is 2. The zero-order valence-electron chi connectivity index (χ0n) is 15.5. The Labute approximate surface area is 160 Å². The summed E-state index contributed by atoms with van der Waals surface area (Å²) in [4.78, 5) is 22.8. The van der Waals surface area contributed by atoms with Crippen molar-refractivity contribution in [2.45, 2.75) is 32.9 Å². The van der Waals surface area contributed by atoms with Crippen molar-refractivity contribution in [3.63, 3.8) is 0 Å². The Hall–Kier alpha value is -3.03. The van der Waals surface area contributed by atoms with Gasteiger partial charge in [-0.2, -0.15) is 13.2 Å². The van der Waals surface area contributed by atoms with Gasteiger partial charge in [0.25, 0.3) is 0 Å². The molecular weight excluding hydrogens is 373 g/mol. The number of para-hydroxylation sites is 1. The highest BCUT2D eigenvalue weighted by Gasteiger charge is 2.38. The third kappa shape index (κ3) is 6.29. The molecule has 5 nitrogen and oxygen atoms in total. The summed E-state index contributed by atoms with van der Waals surface area (Å²) in [5.74, 6) is -1.47. The maximum Gasteiger partial charge on any atom is 0.471 e. The van der Waals surface area contributed by atoms with Crippen LogP contribution in [0.3, 0.4) is 0 Å². The number of rotatable bonds is 7. The van der Waals surface area contributed by atoms with Gasteiger partial charge < -0.3 is 15.4 Å². The van der Waals surface area contributed by atoms with E-state index < -0.39 is 12.1 Å². The van der Waals surface area contributed by atoms with Gasteiger partial charge in [0, 0.05) is 17.8 Å². The van der Waals surface area contributed by atoms with E-state index in [2.05, 4.69) is 5.32 Å². The number of amides is 2. The molecule has 2 rings (SSSR count). The standard InChI is InChI=1S/C20H21F3N2O3/c1-13-5-3-6-14(2)18(13)28-12-4-7-17(26)24-15-8-10-16(11-9-15)25-19(27)20(21,22)23/h3,5-6,8-11H,4,7,12H2,1-2H3,(H,24,26)(H,25,27). The van der Waals surface area contributed by atoms with Crippen LogP contribution in [-0.4, -0.2) is 24.6 Å². The van der Waals surface area contributed by atoms with Crippen molar-refractivity contribution in [1.29, 1.82) is 0 Å². The van der Waals surface area contributed by atoms with Crippen molar-refractivity contribution in [3.8, 4) is 5.75 Å². The van der Waals surface area contributed by atoms with E-state index in [4.69, 9.17) is 4.74 Å². The maximum atomic E-state index is 12.2. The number of hydrogen-bond acceptors (Lipinski definition) is 3. The summed E-state index contributed by atoms with van der Waals surface area (Å²) in [7, 11) is 0. The molecule has 2 aromatic carbocycles. The Kier molecular flexibility index (Phi) is 7.03. The van der Waals surface area contributed by atoms with Gasteiger partial charge in [-0.25, -0.2) is 0 Å². The summed E-state index contributed by atoms with van der Waals surface area (Å²) in [5.41, 5.74) is 2.47. The molecule has 0 fully saturated rings. The van der Waals surface area contributed by atoms with Crippen molar-refractivity contribution in [2.75, 3.05) is 17.2 Å². The first-order valence-electron chi connectivity index (χ1n) is 8.64. The normalized spacial score (nSPS) is 11.0. The molecule has 0 aliphatic rings. The Morgan fingerprint density at radius 1 is 0.929 bits per heavy atom. The number of carbonyl (C=O) groups is 2. The Balaban J connectivity index is 1.76. The number of halogens is 3. The van der Waals surface area contributed by atoms with Gasteiger partial charge in [0.15, 0.2) is 0 Å². The van der Waals surface area contributed by atoms with E-state index in [9.17, 15) is 22.8 Å². The van der Waals surface area contributed by atoms with Gasteiger partial charge in [-0.15, -0.1) is 0 Å². The summed E-state index contributed by atoms with van der Waals surface area (Å²) < 4.78 is 42.4. The molecule has 8 heteroatoms. The quantitative estimate of drug-likeness (QED) is 0.675. The molecule has 0 aliphatic heterocycles. The van der Waals surface area contributed by atoms with Crippen LogP contribution in [0, 0.1) is 13.8 Å². The minimum atomic E-state index is -4.95. The second-order valence-corrected chi connectivity index (χ2v) is 6.25. The van der Waals surface area contributed by atoms with E-state index in [1.54, 1.807) is 5.32 Å². The first kappa shape index (κ1) is 21.3. The zero-order chi connectivity index (χ0) is 20.7. The average Bonchev–Trinajstić information content (AvgIpc) is 2.61. The fourth-order valence-electron chi connectivity index (χ4n) is 2.50. The van der Waals surface area contributed by atoms with Gasteiger partial charge in [0.05, 0.1) is 6.61 Å². The van der Waals surface area contributed by atoms with Crippen LogP contribution in [0.2, 0.25) is 0 Å². The maximum absolute atomic E-state index is 12.2. The lowest BCUT2D eigenvalue weighted by Gasteiger charge is -2.12. The second kappa shape index (κ2) is 9.25. The molecule has 0 radical (unpaired) electrons. The van der Waals surface area contributed by atoms with E-state index in [-0.39, 0.29) is 18.0 Å². The predicted molar refractivity (Wildman–Crippen MR) is 100 cm³/mol. The highest BCUT2D eigenvalue weighted by Crippen LogP contribution is 2.23. The fraction of sp³-hybridized carbons (Fsp3) is 0.300. The summed E-state index contributed by atoms with van der Waals surface area (Å²) >= 11 is 0. The van der Waals surface area contributed by atoms with Crippen LogP contribution in [0.1, 0.15) is 24.0 Å². The van der Waals surface area contributed by atoms with Gasteiger partial charge >= 0.3 is 12.1 Å². The van der Waals surface area contributed by atoms with Crippen LogP contribution in [0.4, 0.5) is 24.5 Å². The largest absolute Gasteiger partial charge is 0.493 e. The van der Waals surface area contributed by atoms with E-state index in [0.29, 0.717) is 18.7 Å². The summed E-state index contributed by atoms with van der Waals surface area (Å²) in [6.45, 7) is 4.30. The molecular formula is C20H21F3N2O3. The molecule has 0 saturated carbocycles. The number of hydrogen-bond donors (Lipinski definition) is 2. The molecule has 2 amide bonds. The lowest BCUT2D eigenvalue weighted by molar-refractivity contribution is -0.167. The van der Waals surface area contributed by atoms with E-state index in [1.807, 2.05) is 32.0 Å². The number of anilines is 2. The topological polar surface area (TPSA) is 67.4 Å². The SMILES string of the molecule is Cc1cccc(C)c1OCCCC(=O)Nc1ccc(NC(=O)C(F)(F)F)cc1. The van der Waals surface area contributed by atoms with Crippen LogP contribution in [0.25, 0.3) is 0 Å². The molecule has 150 valence electrons. The molecule has 0 aliphatic carbocycles. The van der Waals surface area contributed by atoms with Crippen molar-refractivity contribution in [3.05, 3.63) is 53.6 Å². The third-order valence-corrected chi connectivity index (χ3v) is 3.89. The molecule has 0 spiro atoms. The van der Waals surface area contributed by atoms with Crippen LogP contribution in [0.5, 0.6) is 5.75 Å². The molecule has 2 aromatic rings. The monoisotopic (exact) mass is 394 g/mol. The molecule has 0 bridgehead atoms. The molecule has 0 aromatic heterocycles. The lowest BCUT2D eigenvalue weighted by atomic mass is 10.1. The van der Waals surface area contributed by atoms with Crippen LogP contribution < -0.4 is 15.4 Å². The van der Waals surface area contributed by atoms with Gasteiger partial charge in [-0.3, -0.25) is 9.59 Å². The number of alkyl halides is 3. The first-order valence-corrected chi connectivity index (χ1v) is 8.64. The third-order valence-electron chi connectivity index (χ3n) is 3.89. The zero-order valence-corrected chi connectivity index (χ0v) is 15.5. The van der Waals surface area contributed by atoms with Gasteiger partial charge in [0.1, 0.15) is 5.75 Å². The van der Waals surface area contributed by atoms with Crippen LogP contribution in [0.15, 0.2) is 42.5 Å². The van der Waals surface area contributed by atoms with Crippen molar-refractivity contribution in [1.82, 2.24) is 0 Å². The molecule has 2 N–H and O–H groups in total. The van der Waals surface area contributed by atoms with E-state index in [1.165, 1.54) is 24.3 Å². The Morgan fingerprint density at radius 3 is 2.00 bits per heavy atom. The van der Waals surface area contributed by atoms with Crippen LogP contribution in [-0.2, 0) is 9.59 Å². The van der Waals surface area contributed by atoms with E-state index >= 15 is 0 Å². The second-order valence-electron chi connectivity index (χ2n) is 6.25. The van der Waals surface area contributed by atoms with Crippen molar-refractivity contribution < 1.29 is 27.5 Å². The number of carbonyl (C=O) groups excluding carboxylic acids is 2. The molecule has 28 heavy (non-hydrogen) atoms. The molecule has 0 unspecified atom stereocenters.